The summed E-state index contributed by atoms with van der Waals surface area (Å²) < 4.78 is 0. The van der Waals surface area contributed by atoms with Crippen LogP contribution in [0.4, 0.5) is 0 Å². The van der Waals surface area contributed by atoms with Gasteiger partial charge in [-0.3, -0.25) is 0 Å². The molecular formula is C17H28BrN. The van der Waals surface area contributed by atoms with Crippen LogP contribution in [0.15, 0.2) is 30.3 Å². The molecule has 0 heterocycles. The van der Waals surface area contributed by atoms with E-state index in [9.17, 15) is 0 Å². The molecule has 1 nitrogen and oxygen atoms in total. The molecule has 0 spiro atoms. The predicted molar refractivity (Wildman–Crippen MR) is 89.2 cm³/mol. The van der Waals surface area contributed by atoms with Gasteiger partial charge in [-0.15, -0.1) is 0 Å². The predicted octanol–water partition coefficient (Wildman–Crippen LogP) is 5.07. The summed E-state index contributed by atoms with van der Waals surface area (Å²) in [6.45, 7) is 8.21. The lowest BCUT2D eigenvalue weighted by Crippen LogP contribution is -2.31. The van der Waals surface area contributed by atoms with E-state index in [0.717, 1.165) is 5.33 Å². The van der Waals surface area contributed by atoms with Crippen LogP contribution in [0.3, 0.4) is 0 Å². The van der Waals surface area contributed by atoms with E-state index in [1.807, 2.05) is 0 Å². The molecule has 0 aliphatic heterocycles. The first kappa shape index (κ1) is 16.7. The molecule has 0 saturated carbocycles. The zero-order valence-electron chi connectivity index (χ0n) is 12.4. The van der Waals surface area contributed by atoms with Crippen molar-refractivity contribution in [3.8, 4) is 0 Å². The first-order valence-electron chi connectivity index (χ1n) is 7.65. The third kappa shape index (κ3) is 6.58. The van der Waals surface area contributed by atoms with Gasteiger partial charge in [0.25, 0.3) is 0 Å². The maximum atomic E-state index is 3.69. The molecule has 1 rings (SSSR count). The van der Waals surface area contributed by atoms with E-state index in [-0.39, 0.29) is 0 Å². The Hall–Kier alpha value is -0.340. The highest BCUT2D eigenvalue weighted by atomic mass is 79.9. The van der Waals surface area contributed by atoms with Gasteiger partial charge in [-0.05, 0) is 31.5 Å². The number of hydrogen-bond donors (Lipinski definition) is 0. The maximum Gasteiger partial charge on any atom is 0.0112 e. The Morgan fingerprint density at radius 1 is 1.00 bits per heavy atom. The van der Waals surface area contributed by atoms with Crippen LogP contribution in [0.5, 0.6) is 0 Å². The molecule has 0 aliphatic carbocycles. The summed E-state index contributed by atoms with van der Waals surface area (Å²) >= 11 is 3.69. The minimum Gasteiger partial charge on any atom is -0.303 e. The fourth-order valence-corrected chi connectivity index (χ4v) is 2.92. The van der Waals surface area contributed by atoms with E-state index in [1.165, 1.54) is 50.9 Å². The van der Waals surface area contributed by atoms with E-state index < -0.39 is 0 Å². The minimum atomic E-state index is 0.606. The van der Waals surface area contributed by atoms with E-state index in [0.29, 0.717) is 5.92 Å². The van der Waals surface area contributed by atoms with Gasteiger partial charge in [0.05, 0.1) is 0 Å². The van der Waals surface area contributed by atoms with Crippen molar-refractivity contribution >= 4 is 15.9 Å². The summed E-state index contributed by atoms with van der Waals surface area (Å²) in [7, 11) is 0. The van der Waals surface area contributed by atoms with E-state index in [2.05, 4.69) is 65.0 Å². The molecule has 0 bridgehead atoms. The van der Waals surface area contributed by atoms with Crippen LogP contribution in [0.1, 0.15) is 51.0 Å². The number of benzene rings is 1. The van der Waals surface area contributed by atoms with Crippen LogP contribution in [0.25, 0.3) is 0 Å². The Kier molecular flexibility index (Phi) is 9.19. The van der Waals surface area contributed by atoms with Crippen molar-refractivity contribution in [3.05, 3.63) is 35.9 Å². The van der Waals surface area contributed by atoms with Crippen molar-refractivity contribution in [2.45, 2.75) is 45.4 Å². The van der Waals surface area contributed by atoms with Gasteiger partial charge < -0.3 is 4.90 Å². The summed E-state index contributed by atoms with van der Waals surface area (Å²) in [6, 6.07) is 10.9. The fourth-order valence-electron chi connectivity index (χ4n) is 2.34. The molecule has 0 saturated heterocycles. The van der Waals surface area contributed by atoms with Crippen LogP contribution >= 0.6 is 15.9 Å². The number of halogens is 1. The maximum absolute atomic E-state index is 3.69. The highest BCUT2D eigenvalue weighted by Gasteiger charge is 2.14. The number of hydrogen-bond acceptors (Lipinski definition) is 1. The second-order valence-corrected chi connectivity index (χ2v) is 5.92. The molecule has 0 aromatic heterocycles. The molecule has 1 atom stereocenters. The number of unbranched alkanes of at least 4 members (excludes halogenated alkanes) is 2. The Balaban J connectivity index is 2.58. The van der Waals surface area contributed by atoms with Gasteiger partial charge in [0, 0.05) is 17.8 Å². The van der Waals surface area contributed by atoms with Gasteiger partial charge in [0.15, 0.2) is 0 Å². The van der Waals surface area contributed by atoms with Crippen molar-refractivity contribution in [1.82, 2.24) is 4.90 Å². The Morgan fingerprint density at radius 2 is 1.58 bits per heavy atom. The van der Waals surface area contributed by atoms with Gasteiger partial charge in [-0.2, -0.15) is 0 Å². The lowest BCUT2D eigenvalue weighted by atomic mass is 10.0. The molecule has 1 aromatic rings. The second-order valence-electron chi connectivity index (χ2n) is 5.27. The zero-order chi connectivity index (χ0) is 13.9. The lowest BCUT2D eigenvalue weighted by molar-refractivity contribution is 0.254. The number of alkyl halides is 1. The summed E-state index contributed by atoms with van der Waals surface area (Å²) in [5, 5.41) is 1.05. The van der Waals surface area contributed by atoms with Crippen molar-refractivity contribution in [1.29, 1.82) is 0 Å². The van der Waals surface area contributed by atoms with Crippen LogP contribution in [0, 0.1) is 0 Å². The molecule has 0 radical (unpaired) electrons. The molecule has 19 heavy (non-hydrogen) atoms. The molecule has 1 aromatic carbocycles. The second kappa shape index (κ2) is 10.4. The van der Waals surface area contributed by atoms with Crippen LogP contribution in [0.2, 0.25) is 0 Å². The quantitative estimate of drug-likeness (QED) is 0.543. The third-order valence-corrected chi connectivity index (χ3v) is 4.37. The SMILES string of the molecule is CCCCN(CCCC)CC(CBr)c1ccccc1. The van der Waals surface area contributed by atoms with Crippen molar-refractivity contribution in [2.75, 3.05) is 25.0 Å². The molecule has 2 heteroatoms. The first-order valence-corrected chi connectivity index (χ1v) is 8.77. The van der Waals surface area contributed by atoms with Gasteiger partial charge in [0.2, 0.25) is 0 Å². The smallest absolute Gasteiger partial charge is 0.0112 e. The van der Waals surface area contributed by atoms with Crippen molar-refractivity contribution in [2.24, 2.45) is 0 Å². The average molecular weight is 326 g/mol. The largest absolute Gasteiger partial charge is 0.303 e. The number of nitrogens with zero attached hydrogens (tertiary/aromatic N) is 1. The normalized spacial score (nSPS) is 12.8. The van der Waals surface area contributed by atoms with Gasteiger partial charge in [-0.25, -0.2) is 0 Å². The Morgan fingerprint density at radius 3 is 2.05 bits per heavy atom. The third-order valence-electron chi connectivity index (χ3n) is 3.59. The number of rotatable bonds is 10. The molecule has 0 N–H and O–H groups in total. The molecule has 108 valence electrons. The zero-order valence-corrected chi connectivity index (χ0v) is 14.0. The minimum absolute atomic E-state index is 0.606. The Labute approximate surface area is 127 Å². The fraction of sp³-hybridized carbons (Fsp3) is 0.647. The van der Waals surface area contributed by atoms with Crippen LogP contribution < -0.4 is 0 Å². The molecule has 0 amide bonds. The average Bonchev–Trinajstić information content (AvgIpc) is 2.47. The van der Waals surface area contributed by atoms with Crippen LogP contribution in [-0.2, 0) is 0 Å². The van der Waals surface area contributed by atoms with Crippen molar-refractivity contribution < 1.29 is 0 Å². The van der Waals surface area contributed by atoms with E-state index in [1.54, 1.807) is 0 Å². The van der Waals surface area contributed by atoms with Crippen molar-refractivity contribution in [3.63, 3.8) is 0 Å². The monoisotopic (exact) mass is 325 g/mol. The van der Waals surface area contributed by atoms with Gasteiger partial charge in [-0.1, -0.05) is 73.0 Å². The van der Waals surface area contributed by atoms with Gasteiger partial charge >= 0.3 is 0 Å². The standard InChI is InChI=1S/C17H28BrN/c1-3-5-12-19(13-6-4-2)15-17(14-18)16-10-8-7-9-11-16/h7-11,17H,3-6,12-15H2,1-2H3. The van der Waals surface area contributed by atoms with Gasteiger partial charge in [0.1, 0.15) is 0 Å². The molecule has 0 fully saturated rings. The highest BCUT2D eigenvalue weighted by Crippen LogP contribution is 2.20. The van der Waals surface area contributed by atoms with Crippen LogP contribution in [-0.4, -0.2) is 29.9 Å². The summed E-state index contributed by atoms with van der Waals surface area (Å²) in [5.41, 5.74) is 1.46. The Bertz CT molecular complexity index is 304. The summed E-state index contributed by atoms with van der Waals surface area (Å²) in [6.07, 6.45) is 5.20. The molecular weight excluding hydrogens is 298 g/mol. The lowest BCUT2D eigenvalue weighted by Gasteiger charge is -2.27. The summed E-state index contributed by atoms with van der Waals surface area (Å²) in [4.78, 5) is 2.64. The summed E-state index contributed by atoms with van der Waals surface area (Å²) in [5.74, 6) is 0.606. The van der Waals surface area contributed by atoms with E-state index >= 15 is 0 Å². The molecule has 1 unspecified atom stereocenters. The van der Waals surface area contributed by atoms with E-state index in [4.69, 9.17) is 0 Å². The molecule has 0 aliphatic rings. The first-order chi connectivity index (χ1) is 9.31. The topological polar surface area (TPSA) is 3.24 Å². The highest BCUT2D eigenvalue weighted by molar-refractivity contribution is 9.09.